The maximum atomic E-state index is 14.1. The fourth-order valence-electron chi connectivity index (χ4n) is 5.40. The van der Waals surface area contributed by atoms with E-state index in [-0.39, 0.29) is 11.5 Å². The minimum Gasteiger partial charge on any atom is -0.491 e. The highest BCUT2D eigenvalue weighted by atomic mass is 16.5. The molecule has 1 fully saturated rings. The zero-order valence-electron chi connectivity index (χ0n) is 21.5. The average molecular weight is 490 g/mol. The van der Waals surface area contributed by atoms with Crippen molar-refractivity contribution in [3.05, 3.63) is 69.1 Å². The van der Waals surface area contributed by atoms with Crippen LogP contribution in [-0.4, -0.2) is 68.6 Å². The molecule has 1 amide bonds. The largest absolute Gasteiger partial charge is 0.491 e. The molecule has 5 rings (SSSR count). The number of anilines is 1. The van der Waals surface area contributed by atoms with Crippen LogP contribution in [0.25, 0.3) is 11.0 Å². The van der Waals surface area contributed by atoms with Crippen LogP contribution in [0, 0.1) is 6.92 Å². The summed E-state index contributed by atoms with van der Waals surface area (Å²) in [5, 5.41) is 0.784. The van der Waals surface area contributed by atoms with Crippen LogP contribution >= 0.6 is 0 Å². The molecule has 3 heterocycles. The van der Waals surface area contributed by atoms with Gasteiger partial charge in [-0.05, 0) is 62.6 Å². The van der Waals surface area contributed by atoms with Gasteiger partial charge in [-0.3, -0.25) is 9.69 Å². The van der Waals surface area contributed by atoms with E-state index in [4.69, 9.17) is 9.15 Å². The predicted octanol–water partition coefficient (Wildman–Crippen LogP) is 3.88. The molecule has 0 radical (unpaired) electrons. The number of amides is 1. The normalized spacial score (nSPS) is 16.8. The molecule has 0 spiro atoms. The molecule has 0 bridgehead atoms. The molecular formula is C29H35N3O4. The summed E-state index contributed by atoms with van der Waals surface area (Å²) in [6, 6.07) is 11.8. The van der Waals surface area contributed by atoms with Crippen molar-refractivity contribution in [2.75, 3.05) is 57.8 Å². The van der Waals surface area contributed by atoms with Crippen molar-refractivity contribution in [1.29, 1.82) is 0 Å². The van der Waals surface area contributed by atoms with Gasteiger partial charge in [0.2, 0.25) is 0 Å². The number of aryl methyl sites for hydroxylation is 2. The highest BCUT2D eigenvalue weighted by Crippen LogP contribution is 2.35. The quantitative estimate of drug-likeness (QED) is 0.490. The zero-order valence-corrected chi connectivity index (χ0v) is 21.5. The number of benzene rings is 2. The van der Waals surface area contributed by atoms with Crippen LogP contribution in [0.3, 0.4) is 0 Å². The molecule has 3 aromatic rings. The third-order valence-corrected chi connectivity index (χ3v) is 7.60. The second-order valence-electron chi connectivity index (χ2n) is 9.84. The fraction of sp³-hybridized carbons (Fsp3) is 0.448. The summed E-state index contributed by atoms with van der Waals surface area (Å²) in [7, 11) is 2.14. The number of rotatable bonds is 6. The summed E-state index contributed by atoms with van der Waals surface area (Å²) in [4.78, 5) is 33.5. The van der Waals surface area contributed by atoms with Crippen LogP contribution in [0.15, 0.2) is 45.6 Å². The molecule has 2 aliphatic rings. The minimum absolute atomic E-state index is 0.186. The van der Waals surface area contributed by atoms with Crippen LogP contribution < -0.4 is 15.3 Å². The Morgan fingerprint density at radius 3 is 2.61 bits per heavy atom. The number of piperazine rings is 1. The lowest BCUT2D eigenvalue weighted by Crippen LogP contribution is -2.45. The summed E-state index contributed by atoms with van der Waals surface area (Å²) < 4.78 is 12.1. The summed E-state index contributed by atoms with van der Waals surface area (Å²) in [6.45, 7) is 9.81. The van der Waals surface area contributed by atoms with Crippen molar-refractivity contribution in [1.82, 2.24) is 9.80 Å². The van der Waals surface area contributed by atoms with Crippen LogP contribution in [-0.2, 0) is 12.8 Å². The van der Waals surface area contributed by atoms with E-state index in [2.05, 4.69) is 22.9 Å². The molecule has 2 aromatic carbocycles. The molecule has 0 atom stereocenters. The summed E-state index contributed by atoms with van der Waals surface area (Å²) in [6.07, 6.45) is 2.41. The fourth-order valence-corrected chi connectivity index (χ4v) is 5.40. The summed E-state index contributed by atoms with van der Waals surface area (Å²) in [5.74, 6) is 0.283. The lowest BCUT2D eigenvalue weighted by atomic mass is 9.98. The van der Waals surface area contributed by atoms with Crippen molar-refractivity contribution < 1.29 is 13.9 Å². The first-order valence-corrected chi connectivity index (χ1v) is 13.0. The Kier molecular flexibility index (Phi) is 7.12. The van der Waals surface area contributed by atoms with Gasteiger partial charge in [0.25, 0.3) is 5.91 Å². The molecule has 0 unspecified atom stereocenters. The first kappa shape index (κ1) is 24.5. The van der Waals surface area contributed by atoms with Crippen molar-refractivity contribution in [3.8, 4) is 5.75 Å². The molecule has 1 saturated heterocycles. The number of fused-ring (bicyclic) bond motifs is 2. The van der Waals surface area contributed by atoms with Crippen molar-refractivity contribution in [2.24, 2.45) is 0 Å². The van der Waals surface area contributed by atoms with Gasteiger partial charge in [-0.2, -0.15) is 0 Å². The molecule has 2 aliphatic heterocycles. The van der Waals surface area contributed by atoms with Gasteiger partial charge >= 0.3 is 5.63 Å². The average Bonchev–Trinajstić information content (AvgIpc) is 2.89. The number of likely N-dealkylation sites (N-methyl/N-ethyl adjacent to an activating group) is 1. The van der Waals surface area contributed by atoms with E-state index in [1.54, 1.807) is 0 Å². The van der Waals surface area contributed by atoms with Crippen molar-refractivity contribution in [2.45, 2.75) is 33.1 Å². The van der Waals surface area contributed by atoms with E-state index < -0.39 is 0 Å². The molecular weight excluding hydrogens is 454 g/mol. The number of hydrogen-bond donors (Lipinski definition) is 0. The molecule has 7 heteroatoms. The number of carbonyl (C=O) groups is 1. The van der Waals surface area contributed by atoms with Gasteiger partial charge in [0.1, 0.15) is 17.9 Å². The number of para-hydroxylation sites is 1. The first-order chi connectivity index (χ1) is 17.5. The van der Waals surface area contributed by atoms with Crippen LogP contribution in [0.5, 0.6) is 5.75 Å². The SMILES string of the molecule is CCc1c(C)c2ccc(OCCN3CCN(C)CC3)c(C(=O)N3CCCc4ccccc43)c2oc1=O. The Hall–Kier alpha value is -3.16. The predicted molar refractivity (Wildman–Crippen MR) is 142 cm³/mol. The van der Waals surface area contributed by atoms with E-state index in [1.807, 2.05) is 49.1 Å². The van der Waals surface area contributed by atoms with Crippen LogP contribution in [0.2, 0.25) is 0 Å². The van der Waals surface area contributed by atoms with Crippen molar-refractivity contribution >= 4 is 22.6 Å². The van der Waals surface area contributed by atoms with Crippen LogP contribution in [0.4, 0.5) is 5.69 Å². The third kappa shape index (κ3) is 4.65. The van der Waals surface area contributed by atoms with E-state index in [0.29, 0.717) is 42.0 Å². The molecule has 1 aromatic heterocycles. The maximum absolute atomic E-state index is 14.1. The summed E-state index contributed by atoms with van der Waals surface area (Å²) in [5.41, 5.74) is 3.85. The Bertz CT molecular complexity index is 1320. The van der Waals surface area contributed by atoms with Gasteiger partial charge in [0.05, 0.1) is 0 Å². The van der Waals surface area contributed by atoms with E-state index >= 15 is 0 Å². The number of ether oxygens (including phenoxy) is 1. The zero-order chi connectivity index (χ0) is 25.2. The lowest BCUT2D eigenvalue weighted by molar-refractivity contribution is 0.0979. The highest BCUT2D eigenvalue weighted by Gasteiger charge is 2.29. The monoisotopic (exact) mass is 489 g/mol. The standard InChI is InChI=1S/C29H35N3O4/c1-4-22-20(2)23-11-12-25(35-19-18-31-16-14-30(3)15-17-31)26(27(23)36-29(22)34)28(33)32-13-7-9-21-8-5-6-10-24(21)32/h5-6,8,10-12H,4,7,9,13-19H2,1-3H3. The Labute approximate surface area is 212 Å². The van der Waals surface area contributed by atoms with Gasteiger partial charge in [-0.15, -0.1) is 0 Å². The maximum Gasteiger partial charge on any atom is 0.339 e. The summed E-state index contributed by atoms with van der Waals surface area (Å²) >= 11 is 0. The topological polar surface area (TPSA) is 66.2 Å². The van der Waals surface area contributed by atoms with Gasteiger partial charge in [-0.1, -0.05) is 25.1 Å². The Morgan fingerprint density at radius 1 is 1.06 bits per heavy atom. The van der Waals surface area contributed by atoms with E-state index in [1.165, 1.54) is 0 Å². The molecule has 0 saturated carbocycles. The van der Waals surface area contributed by atoms with Gasteiger partial charge < -0.3 is 19.0 Å². The lowest BCUT2D eigenvalue weighted by Gasteiger charge is -2.32. The molecule has 7 nitrogen and oxygen atoms in total. The van der Waals surface area contributed by atoms with Gasteiger partial charge in [0.15, 0.2) is 5.58 Å². The van der Waals surface area contributed by atoms with E-state index in [9.17, 15) is 9.59 Å². The Morgan fingerprint density at radius 2 is 1.83 bits per heavy atom. The smallest absolute Gasteiger partial charge is 0.339 e. The van der Waals surface area contributed by atoms with Crippen LogP contribution in [0.1, 0.15) is 40.4 Å². The van der Waals surface area contributed by atoms with Crippen molar-refractivity contribution in [3.63, 3.8) is 0 Å². The molecule has 0 aliphatic carbocycles. The third-order valence-electron chi connectivity index (χ3n) is 7.60. The minimum atomic E-state index is -0.384. The Balaban J connectivity index is 1.53. The molecule has 190 valence electrons. The second-order valence-corrected chi connectivity index (χ2v) is 9.84. The number of nitrogens with zero attached hydrogens (tertiary/aromatic N) is 3. The van der Waals surface area contributed by atoms with Gasteiger partial charge in [-0.25, -0.2) is 4.79 Å². The van der Waals surface area contributed by atoms with Gasteiger partial charge in [0, 0.05) is 55.9 Å². The number of carbonyl (C=O) groups excluding carboxylic acids is 1. The van der Waals surface area contributed by atoms with E-state index in [0.717, 1.165) is 67.8 Å². The first-order valence-electron chi connectivity index (χ1n) is 13.0. The molecule has 0 N–H and O–H groups in total. The second kappa shape index (κ2) is 10.4. The number of hydrogen-bond acceptors (Lipinski definition) is 6. The highest BCUT2D eigenvalue weighted by molar-refractivity contribution is 6.15. The molecule has 36 heavy (non-hydrogen) atoms.